The average molecular weight is 447 g/mol. The van der Waals surface area contributed by atoms with Gasteiger partial charge in [-0.05, 0) is 80.9 Å². The van der Waals surface area contributed by atoms with Gasteiger partial charge in [0.1, 0.15) is 5.82 Å². The fraction of sp³-hybridized carbons (Fsp3) is 0.500. The molecule has 4 rings (SSSR count). The minimum Gasteiger partial charge on any atom is -0.307 e. The molecule has 1 amide bonds. The van der Waals surface area contributed by atoms with Gasteiger partial charge in [0.2, 0.25) is 0 Å². The molecule has 3 nitrogen and oxygen atoms in total. The van der Waals surface area contributed by atoms with Crippen molar-refractivity contribution in [2.45, 2.75) is 51.9 Å². The lowest BCUT2D eigenvalue weighted by Gasteiger charge is -2.24. The molecule has 1 unspecified atom stereocenters. The smallest absolute Gasteiger partial charge is 0.258 e. The zero-order chi connectivity index (χ0) is 23.5. The summed E-state index contributed by atoms with van der Waals surface area (Å²) < 4.78 is 40.1. The molecule has 1 saturated carbocycles. The van der Waals surface area contributed by atoms with E-state index in [1.54, 1.807) is 6.07 Å². The second-order valence-corrected chi connectivity index (χ2v) is 9.22. The van der Waals surface area contributed by atoms with Gasteiger partial charge in [-0.15, -0.1) is 0 Å². The lowest BCUT2D eigenvalue weighted by Crippen LogP contribution is -2.35. The molecular formula is C26H33F3N2O. The van der Waals surface area contributed by atoms with Crippen molar-refractivity contribution in [1.29, 1.82) is 0 Å². The predicted octanol–water partition coefficient (Wildman–Crippen LogP) is 6.17. The number of carbonyl (C=O) groups excluding carboxylic acids is 1. The van der Waals surface area contributed by atoms with E-state index in [0.29, 0.717) is 12.2 Å². The number of fused-ring (bicyclic) bond motifs is 1. The van der Waals surface area contributed by atoms with Gasteiger partial charge in [-0.1, -0.05) is 33.6 Å². The molecule has 6 heteroatoms. The lowest BCUT2D eigenvalue weighted by atomic mass is 9.82. The van der Waals surface area contributed by atoms with Crippen LogP contribution in [0.25, 0.3) is 0 Å². The summed E-state index contributed by atoms with van der Waals surface area (Å²) in [4.78, 5) is 16.6. The fourth-order valence-corrected chi connectivity index (χ4v) is 3.98. The number of anilines is 1. The van der Waals surface area contributed by atoms with Gasteiger partial charge in [-0.3, -0.25) is 4.79 Å². The summed E-state index contributed by atoms with van der Waals surface area (Å²) >= 11 is 0. The largest absolute Gasteiger partial charge is 0.307 e. The number of nitrogens with zero attached hydrogens (tertiary/aromatic N) is 2. The Kier molecular flexibility index (Phi) is 7.65. The van der Waals surface area contributed by atoms with E-state index in [1.807, 2.05) is 13.8 Å². The van der Waals surface area contributed by atoms with Gasteiger partial charge < -0.3 is 9.80 Å². The lowest BCUT2D eigenvalue weighted by molar-refractivity contribution is 0.0984. The van der Waals surface area contributed by atoms with E-state index in [2.05, 4.69) is 18.9 Å². The van der Waals surface area contributed by atoms with E-state index in [9.17, 15) is 18.0 Å². The van der Waals surface area contributed by atoms with Gasteiger partial charge in [-0.25, -0.2) is 13.2 Å². The summed E-state index contributed by atoms with van der Waals surface area (Å²) in [7, 11) is 2.20. The molecule has 0 spiro atoms. The Labute approximate surface area is 189 Å². The number of amides is 1. The molecule has 1 aliphatic carbocycles. The summed E-state index contributed by atoms with van der Waals surface area (Å²) in [6, 6.07) is 7.38. The zero-order valence-corrected chi connectivity index (χ0v) is 19.4. The molecule has 0 aromatic heterocycles. The Morgan fingerprint density at radius 3 is 2.41 bits per heavy atom. The van der Waals surface area contributed by atoms with E-state index in [4.69, 9.17) is 0 Å². The van der Waals surface area contributed by atoms with Crippen molar-refractivity contribution in [3.63, 3.8) is 0 Å². The quantitative estimate of drug-likeness (QED) is 0.530. The minimum absolute atomic E-state index is 0.0690. The summed E-state index contributed by atoms with van der Waals surface area (Å²) in [5.41, 5.74) is 1.08. The van der Waals surface area contributed by atoms with Gasteiger partial charge in [0, 0.05) is 23.2 Å². The number of hydrogen-bond donors (Lipinski definition) is 0. The van der Waals surface area contributed by atoms with E-state index in [-0.39, 0.29) is 16.8 Å². The number of benzene rings is 2. The van der Waals surface area contributed by atoms with Crippen molar-refractivity contribution < 1.29 is 18.0 Å². The molecule has 1 aliphatic heterocycles. The van der Waals surface area contributed by atoms with Crippen LogP contribution in [0.5, 0.6) is 0 Å². The summed E-state index contributed by atoms with van der Waals surface area (Å²) in [6.07, 6.45) is 5.16. The Morgan fingerprint density at radius 2 is 1.81 bits per heavy atom. The fourth-order valence-electron chi connectivity index (χ4n) is 3.98. The van der Waals surface area contributed by atoms with E-state index in [0.717, 1.165) is 30.0 Å². The molecule has 0 bridgehead atoms. The first kappa shape index (κ1) is 24.3. The highest BCUT2D eigenvalue weighted by molar-refractivity contribution is 6.07. The van der Waals surface area contributed by atoms with Crippen LogP contribution in [0.3, 0.4) is 0 Å². The first-order chi connectivity index (χ1) is 15.2. The van der Waals surface area contributed by atoms with Gasteiger partial charge in [0.25, 0.3) is 5.91 Å². The van der Waals surface area contributed by atoms with Crippen molar-refractivity contribution in [3.8, 4) is 0 Å². The number of hydrogen-bond acceptors (Lipinski definition) is 2. The third-order valence-electron chi connectivity index (χ3n) is 6.75. The highest BCUT2D eigenvalue weighted by Gasteiger charge is 2.40. The molecule has 2 aromatic rings. The maximum atomic E-state index is 13.6. The van der Waals surface area contributed by atoms with Crippen LogP contribution < -0.4 is 4.90 Å². The van der Waals surface area contributed by atoms with Crippen LogP contribution in [0.2, 0.25) is 0 Å². The molecule has 1 fully saturated rings. The van der Waals surface area contributed by atoms with Gasteiger partial charge in [-0.2, -0.15) is 0 Å². The third kappa shape index (κ3) is 5.52. The molecule has 174 valence electrons. The molecule has 2 aromatic carbocycles. The van der Waals surface area contributed by atoms with Crippen molar-refractivity contribution in [2.75, 3.05) is 31.6 Å². The zero-order valence-electron chi connectivity index (χ0n) is 19.4. The second-order valence-electron chi connectivity index (χ2n) is 9.22. The first-order valence-corrected chi connectivity index (χ1v) is 11.4. The molecule has 0 saturated heterocycles. The van der Waals surface area contributed by atoms with Crippen molar-refractivity contribution in [2.24, 2.45) is 5.92 Å². The van der Waals surface area contributed by atoms with E-state index >= 15 is 0 Å². The van der Waals surface area contributed by atoms with Crippen molar-refractivity contribution >= 4 is 11.6 Å². The number of carbonyl (C=O) groups is 1. The standard InChI is InChI=1S/C18H16F3NO.C8H17N/c1-3-18(2)10-22(16-7-5-12(19)9-13(16)18)17(23)11-4-6-14(20)15(21)8-11;1-3-9(2)7-6-8-4-5-8/h4-9H,3,10H2,1-2H3;8H,3-7H2,1-2H3. The van der Waals surface area contributed by atoms with Gasteiger partial charge >= 0.3 is 0 Å². The van der Waals surface area contributed by atoms with Gasteiger partial charge in [0.15, 0.2) is 11.6 Å². The van der Waals surface area contributed by atoms with E-state index in [1.165, 1.54) is 55.5 Å². The summed E-state index contributed by atoms with van der Waals surface area (Å²) in [5, 5.41) is 0. The van der Waals surface area contributed by atoms with Crippen LogP contribution in [-0.2, 0) is 5.41 Å². The molecule has 0 N–H and O–H groups in total. The summed E-state index contributed by atoms with van der Waals surface area (Å²) in [6.45, 7) is 9.03. The highest BCUT2D eigenvalue weighted by Crippen LogP contribution is 2.43. The SMILES string of the molecule is CCC1(C)CN(C(=O)c2ccc(F)c(F)c2)c2ccc(F)cc21.CCN(C)CCC1CC1. The Morgan fingerprint density at radius 1 is 1.09 bits per heavy atom. The minimum atomic E-state index is -1.06. The third-order valence-corrected chi connectivity index (χ3v) is 6.75. The molecule has 2 aliphatic rings. The Balaban J connectivity index is 0.000000269. The van der Waals surface area contributed by atoms with Gasteiger partial charge in [0.05, 0.1) is 0 Å². The van der Waals surface area contributed by atoms with Crippen molar-refractivity contribution in [3.05, 3.63) is 65.0 Å². The predicted molar refractivity (Wildman–Crippen MR) is 123 cm³/mol. The summed E-state index contributed by atoms with van der Waals surface area (Å²) in [5.74, 6) is -1.74. The Bertz CT molecular complexity index is 960. The van der Waals surface area contributed by atoms with Crippen LogP contribution >= 0.6 is 0 Å². The average Bonchev–Trinajstić information content (AvgIpc) is 3.57. The van der Waals surface area contributed by atoms with Crippen LogP contribution in [0.15, 0.2) is 36.4 Å². The first-order valence-electron chi connectivity index (χ1n) is 11.4. The van der Waals surface area contributed by atoms with Crippen molar-refractivity contribution in [1.82, 2.24) is 4.90 Å². The molecule has 0 radical (unpaired) electrons. The molecule has 32 heavy (non-hydrogen) atoms. The van der Waals surface area contributed by atoms with Crippen LogP contribution in [0.1, 0.15) is 62.4 Å². The molecule has 1 atom stereocenters. The number of rotatable bonds is 6. The number of halogens is 3. The van der Waals surface area contributed by atoms with E-state index < -0.39 is 17.5 Å². The topological polar surface area (TPSA) is 23.6 Å². The monoisotopic (exact) mass is 446 g/mol. The van der Waals surface area contributed by atoms with Crippen LogP contribution in [0, 0.1) is 23.4 Å². The van der Waals surface area contributed by atoms with Crippen LogP contribution in [0.4, 0.5) is 18.9 Å². The van der Waals surface area contributed by atoms with Crippen LogP contribution in [-0.4, -0.2) is 37.5 Å². The molecular weight excluding hydrogens is 413 g/mol. The maximum absolute atomic E-state index is 13.6. The molecule has 1 heterocycles. The highest BCUT2D eigenvalue weighted by atomic mass is 19.2. The second kappa shape index (κ2) is 10.1. The maximum Gasteiger partial charge on any atom is 0.258 e. The normalized spacial score (nSPS) is 19.6. The Hall–Kier alpha value is -2.34.